The highest BCUT2D eigenvalue weighted by atomic mass is 16.6. The van der Waals surface area contributed by atoms with Crippen LogP contribution in [-0.2, 0) is 15.1 Å². The number of carbonyl (C=O) groups excluding carboxylic acids is 1. The largest absolute Gasteiger partial charge is 0.447 e. The van der Waals surface area contributed by atoms with Crippen molar-refractivity contribution in [2.45, 2.75) is 18.1 Å². The summed E-state index contributed by atoms with van der Waals surface area (Å²) in [7, 11) is 0. The molecule has 0 amide bonds. The summed E-state index contributed by atoms with van der Waals surface area (Å²) in [4.78, 5) is 12.9. The van der Waals surface area contributed by atoms with Crippen molar-refractivity contribution >= 4 is 12.0 Å². The molecule has 1 N–H and O–H groups in total. The molecule has 1 fully saturated rings. The number of morpholine rings is 1. The smallest absolute Gasteiger partial charge is 0.324 e. The Kier molecular flexibility index (Phi) is 5.36. The zero-order valence-corrected chi connectivity index (χ0v) is 15.6. The summed E-state index contributed by atoms with van der Waals surface area (Å²) in [5.41, 5.74) is 2.26. The van der Waals surface area contributed by atoms with Crippen LogP contribution in [0.3, 0.4) is 0 Å². The minimum absolute atomic E-state index is 0.225. The number of nitrogens with one attached hydrogen (secondary N) is 1. The predicted molar refractivity (Wildman–Crippen MR) is 112 cm³/mol. The van der Waals surface area contributed by atoms with Gasteiger partial charge in [-0.15, -0.1) is 0 Å². The van der Waals surface area contributed by atoms with Crippen LogP contribution < -0.4 is 5.32 Å². The number of benzene rings is 3. The Balaban J connectivity index is 1.54. The van der Waals surface area contributed by atoms with Crippen LogP contribution in [0.15, 0.2) is 97.1 Å². The maximum Gasteiger partial charge on any atom is 0.324 e. The molecule has 3 nitrogen and oxygen atoms in total. The van der Waals surface area contributed by atoms with Crippen LogP contribution >= 0.6 is 0 Å². The summed E-state index contributed by atoms with van der Waals surface area (Å²) >= 11 is 0. The average molecular weight is 369 g/mol. The maximum atomic E-state index is 12.9. The van der Waals surface area contributed by atoms with Crippen LogP contribution in [-0.4, -0.2) is 18.6 Å². The first-order chi connectivity index (χ1) is 13.8. The second-order valence-electron chi connectivity index (χ2n) is 6.96. The van der Waals surface area contributed by atoms with Gasteiger partial charge in [-0.25, -0.2) is 0 Å². The predicted octanol–water partition coefficient (Wildman–Crippen LogP) is 4.55. The molecule has 0 bridgehead atoms. The molecule has 28 heavy (non-hydrogen) atoms. The fraction of sp³-hybridized carbons (Fsp3) is 0.160. The third-order valence-corrected chi connectivity index (χ3v) is 5.12. The van der Waals surface area contributed by atoms with E-state index in [0.717, 1.165) is 16.7 Å². The molecule has 3 aromatic rings. The first-order valence-electron chi connectivity index (χ1n) is 9.57. The highest BCUT2D eigenvalue weighted by Gasteiger charge is 2.44. The first kappa shape index (κ1) is 18.2. The summed E-state index contributed by atoms with van der Waals surface area (Å²) in [6.45, 7) is 0.538. The molecule has 0 saturated carbocycles. The average Bonchev–Trinajstić information content (AvgIpc) is 2.77. The fourth-order valence-electron chi connectivity index (χ4n) is 3.62. The Bertz CT molecular complexity index is 897. The van der Waals surface area contributed by atoms with E-state index < -0.39 is 5.60 Å². The number of ether oxygens (including phenoxy) is 1. The minimum Gasteiger partial charge on any atom is -0.447 e. The molecular weight excluding hydrogens is 346 g/mol. The minimum atomic E-state index is -0.806. The quantitative estimate of drug-likeness (QED) is 0.671. The molecule has 0 aromatic heterocycles. The second kappa shape index (κ2) is 8.24. The monoisotopic (exact) mass is 369 g/mol. The van der Waals surface area contributed by atoms with Gasteiger partial charge in [0.2, 0.25) is 0 Å². The van der Waals surface area contributed by atoms with E-state index in [4.69, 9.17) is 4.74 Å². The second-order valence-corrected chi connectivity index (χ2v) is 6.96. The van der Waals surface area contributed by atoms with Gasteiger partial charge in [-0.1, -0.05) is 103 Å². The molecule has 140 valence electrons. The zero-order chi connectivity index (χ0) is 19.2. The van der Waals surface area contributed by atoms with Crippen LogP contribution in [0, 0.1) is 0 Å². The molecule has 4 rings (SSSR count). The molecule has 0 spiro atoms. The Morgan fingerprint density at radius 2 is 1.39 bits per heavy atom. The number of rotatable bonds is 5. The van der Waals surface area contributed by atoms with Crippen LogP contribution in [0.1, 0.15) is 23.1 Å². The standard InChI is InChI=1S/C25H23NO2/c27-24-23(18-10-13-20-11-4-1-5-12-20)26-19-25(28-24,21-14-6-2-7-15-21)22-16-8-3-9-17-22/h1-17,23,26H,18-19H2. The first-order valence-corrected chi connectivity index (χ1v) is 9.57. The number of cyclic esters (lactones) is 1. The van der Waals surface area contributed by atoms with Crippen molar-refractivity contribution in [3.8, 4) is 0 Å². The van der Waals surface area contributed by atoms with E-state index in [1.807, 2.05) is 103 Å². The molecule has 3 aromatic carbocycles. The molecule has 1 aliphatic heterocycles. The van der Waals surface area contributed by atoms with Gasteiger partial charge in [0.05, 0.1) is 0 Å². The Hall–Kier alpha value is -3.17. The van der Waals surface area contributed by atoms with Crippen LogP contribution in [0.2, 0.25) is 0 Å². The lowest BCUT2D eigenvalue weighted by atomic mass is 9.84. The SMILES string of the molecule is O=C1OC(c2ccccc2)(c2ccccc2)CNC1CC=Cc1ccccc1. The lowest BCUT2D eigenvalue weighted by Gasteiger charge is -2.40. The van der Waals surface area contributed by atoms with Crippen molar-refractivity contribution in [2.24, 2.45) is 0 Å². The van der Waals surface area contributed by atoms with E-state index in [2.05, 4.69) is 5.32 Å². The molecule has 1 saturated heterocycles. The summed E-state index contributed by atoms with van der Waals surface area (Å²) in [5.74, 6) is -0.225. The summed E-state index contributed by atoms with van der Waals surface area (Å²) in [5, 5.41) is 3.42. The fourth-order valence-corrected chi connectivity index (χ4v) is 3.62. The molecule has 1 atom stereocenters. The van der Waals surface area contributed by atoms with Crippen LogP contribution in [0.5, 0.6) is 0 Å². The van der Waals surface area contributed by atoms with Crippen molar-refractivity contribution in [2.75, 3.05) is 6.54 Å². The Morgan fingerprint density at radius 1 is 0.857 bits per heavy atom. The number of hydrogen-bond donors (Lipinski definition) is 1. The topological polar surface area (TPSA) is 38.3 Å². The summed E-state index contributed by atoms with van der Waals surface area (Å²) in [6.07, 6.45) is 4.64. The molecule has 0 radical (unpaired) electrons. The van der Waals surface area contributed by atoms with Gasteiger partial charge in [-0.05, 0) is 12.0 Å². The lowest BCUT2D eigenvalue weighted by molar-refractivity contribution is -0.165. The lowest BCUT2D eigenvalue weighted by Crippen LogP contribution is -2.56. The van der Waals surface area contributed by atoms with E-state index in [1.54, 1.807) is 0 Å². The summed E-state index contributed by atoms with van der Waals surface area (Å²) in [6, 6.07) is 29.6. The molecule has 0 aliphatic carbocycles. The van der Waals surface area contributed by atoms with Crippen LogP contribution in [0.4, 0.5) is 0 Å². The van der Waals surface area contributed by atoms with Gasteiger partial charge in [-0.2, -0.15) is 0 Å². The van der Waals surface area contributed by atoms with Gasteiger partial charge < -0.3 is 4.74 Å². The maximum absolute atomic E-state index is 12.9. The van der Waals surface area contributed by atoms with E-state index in [9.17, 15) is 4.79 Å². The number of carbonyl (C=O) groups is 1. The molecule has 1 heterocycles. The van der Waals surface area contributed by atoms with Crippen molar-refractivity contribution in [1.29, 1.82) is 0 Å². The van der Waals surface area contributed by atoms with Gasteiger partial charge in [0.25, 0.3) is 0 Å². The molecule has 1 aliphatic rings. The highest BCUT2D eigenvalue weighted by Crippen LogP contribution is 2.36. The number of esters is 1. The Labute approximate surface area is 165 Å². The normalized spacial score (nSPS) is 18.7. The van der Waals surface area contributed by atoms with Gasteiger partial charge in [0.15, 0.2) is 5.60 Å². The van der Waals surface area contributed by atoms with Crippen molar-refractivity contribution in [1.82, 2.24) is 5.32 Å². The molecule has 3 heteroatoms. The van der Waals surface area contributed by atoms with Crippen molar-refractivity contribution < 1.29 is 9.53 Å². The van der Waals surface area contributed by atoms with Gasteiger partial charge in [-0.3, -0.25) is 10.1 Å². The van der Waals surface area contributed by atoms with Gasteiger partial charge >= 0.3 is 5.97 Å². The summed E-state index contributed by atoms with van der Waals surface area (Å²) < 4.78 is 6.13. The van der Waals surface area contributed by atoms with Gasteiger partial charge in [0, 0.05) is 17.7 Å². The number of hydrogen-bond acceptors (Lipinski definition) is 3. The van der Waals surface area contributed by atoms with E-state index in [0.29, 0.717) is 13.0 Å². The van der Waals surface area contributed by atoms with Crippen molar-refractivity contribution in [3.05, 3.63) is 114 Å². The zero-order valence-electron chi connectivity index (χ0n) is 15.6. The van der Waals surface area contributed by atoms with E-state index in [1.165, 1.54) is 0 Å². The van der Waals surface area contributed by atoms with E-state index >= 15 is 0 Å². The molecule has 1 unspecified atom stereocenters. The molecular formula is C25H23NO2. The van der Waals surface area contributed by atoms with Crippen molar-refractivity contribution in [3.63, 3.8) is 0 Å². The Morgan fingerprint density at radius 3 is 1.93 bits per heavy atom. The van der Waals surface area contributed by atoms with E-state index in [-0.39, 0.29) is 12.0 Å². The van der Waals surface area contributed by atoms with Crippen LogP contribution in [0.25, 0.3) is 6.08 Å². The van der Waals surface area contributed by atoms with Gasteiger partial charge in [0.1, 0.15) is 6.04 Å². The third-order valence-electron chi connectivity index (χ3n) is 5.12. The highest BCUT2D eigenvalue weighted by molar-refractivity contribution is 5.78. The third kappa shape index (κ3) is 3.75.